The molecule has 1 aliphatic carbocycles. The Kier molecular flexibility index (Phi) is 7.90. The van der Waals surface area contributed by atoms with Gasteiger partial charge in [-0.2, -0.15) is 0 Å². The number of allylic oxidation sites excluding steroid dienone is 1. The average molecular weight is 504 g/mol. The molecule has 0 N–H and O–H groups in total. The molecule has 0 radical (unpaired) electrons. The van der Waals surface area contributed by atoms with Gasteiger partial charge in [0, 0.05) is 24.2 Å². The van der Waals surface area contributed by atoms with Crippen molar-refractivity contribution in [2.24, 2.45) is 0 Å². The van der Waals surface area contributed by atoms with Crippen LogP contribution < -0.4 is 9.68 Å². The van der Waals surface area contributed by atoms with E-state index in [1.54, 1.807) is 6.07 Å². The Morgan fingerprint density at radius 1 is 0.919 bits per heavy atom. The van der Waals surface area contributed by atoms with Crippen LogP contribution >= 0.6 is 0 Å². The van der Waals surface area contributed by atoms with Gasteiger partial charge in [0.2, 0.25) is 0 Å². The maximum Gasteiger partial charge on any atom is 0.172 e. The minimum atomic E-state index is -0.269. The fourth-order valence-corrected chi connectivity index (χ4v) is 5.84. The van der Waals surface area contributed by atoms with Gasteiger partial charge in [-0.15, -0.1) is 0 Å². The lowest BCUT2D eigenvalue weighted by Crippen LogP contribution is -2.26. The summed E-state index contributed by atoms with van der Waals surface area (Å²) < 4.78 is 31.8. The predicted molar refractivity (Wildman–Crippen MR) is 145 cm³/mol. The number of aryl methyl sites for hydroxylation is 3. The molecule has 0 bridgehead atoms. The Bertz CT molecular complexity index is 1270. The number of halogens is 2. The van der Waals surface area contributed by atoms with Crippen molar-refractivity contribution in [1.82, 2.24) is 4.90 Å². The normalized spacial score (nSPS) is 18.0. The van der Waals surface area contributed by atoms with Crippen molar-refractivity contribution in [2.45, 2.75) is 52.1 Å². The van der Waals surface area contributed by atoms with Gasteiger partial charge in [-0.05, 0) is 109 Å². The first-order valence-corrected chi connectivity index (χ1v) is 13.3. The van der Waals surface area contributed by atoms with E-state index in [2.05, 4.69) is 66.2 Å². The molecule has 1 aliphatic heterocycles. The summed E-state index contributed by atoms with van der Waals surface area (Å²) in [6, 6.07) is 20.5. The lowest BCUT2D eigenvalue weighted by atomic mass is 9.86. The highest BCUT2D eigenvalue weighted by atomic mass is 19.3. The highest BCUT2D eigenvalue weighted by molar-refractivity contribution is 6.00. The third-order valence-electron chi connectivity index (χ3n) is 7.60. The van der Waals surface area contributed by atoms with Crippen LogP contribution in [0.25, 0.3) is 11.1 Å². The van der Waals surface area contributed by atoms with Crippen LogP contribution in [0.2, 0.25) is 0 Å². The molecule has 3 nitrogen and oxygen atoms in total. The predicted octanol–water partition coefficient (Wildman–Crippen LogP) is 7.67. The number of hydrogen-bond acceptors (Lipinski definition) is 3. The summed E-state index contributed by atoms with van der Waals surface area (Å²) in [6.07, 6.45) is 4.47. The molecule has 0 amide bonds. The number of ether oxygens (including phenoxy) is 1. The van der Waals surface area contributed by atoms with Gasteiger partial charge in [-0.1, -0.05) is 42.0 Å². The van der Waals surface area contributed by atoms with E-state index >= 15 is 0 Å². The Morgan fingerprint density at radius 2 is 1.70 bits per heavy atom. The zero-order valence-corrected chi connectivity index (χ0v) is 21.7. The van der Waals surface area contributed by atoms with Gasteiger partial charge in [0.1, 0.15) is 11.9 Å². The molecule has 37 heavy (non-hydrogen) atoms. The van der Waals surface area contributed by atoms with Gasteiger partial charge in [-0.25, -0.2) is 0 Å². The maximum atomic E-state index is 13.0. The number of benzene rings is 3. The van der Waals surface area contributed by atoms with Crippen LogP contribution in [0, 0.1) is 13.8 Å². The van der Waals surface area contributed by atoms with E-state index in [1.165, 1.54) is 27.8 Å². The largest absolute Gasteiger partial charge is 0.489 e. The molecule has 1 saturated heterocycles. The monoisotopic (exact) mass is 503 g/mol. The molecule has 0 aromatic heterocycles. The number of likely N-dealkylation sites (tertiary alicyclic amines) is 1. The SMILES string of the molecule is Cc1ccc(C2=C(c3ccc(OC4CCN(CCCF)C4)cc3)c3ccc(OF)cc3CCC2)c(C)c1. The number of alkyl halides is 1. The summed E-state index contributed by atoms with van der Waals surface area (Å²) >= 11 is 0. The van der Waals surface area contributed by atoms with Crippen molar-refractivity contribution in [2.75, 3.05) is 26.3 Å². The molecule has 0 spiro atoms. The summed E-state index contributed by atoms with van der Waals surface area (Å²) in [5.41, 5.74) is 9.63. The van der Waals surface area contributed by atoms with E-state index in [1.807, 2.05) is 12.1 Å². The van der Waals surface area contributed by atoms with E-state index < -0.39 is 0 Å². The lowest BCUT2D eigenvalue weighted by Gasteiger charge is -2.19. The van der Waals surface area contributed by atoms with E-state index in [-0.39, 0.29) is 18.5 Å². The Hall–Kier alpha value is -3.18. The number of fused-ring (bicyclic) bond motifs is 1. The molecule has 1 fully saturated rings. The third-order valence-corrected chi connectivity index (χ3v) is 7.60. The van der Waals surface area contributed by atoms with E-state index in [9.17, 15) is 8.92 Å². The van der Waals surface area contributed by atoms with Gasteiger partial charge in [-0.3, -0.25) is 14.2 Å². The minimum Gasteiger partial charge on any atom is -0.489 e. The quantitative estimate of drug-likeness (QED) is 0.315. The molecule has 1 unspecified atom stereocenters. The van der Waals surface area contributed by atoms with E-state index in [0.717, 1.165) is 67.8 Å². The minimum absolute atomic E-state index is 0.133. The van der Waals surface area contributed by atoms with Crippen molar-refractivity contribution in [3.63, 3.8) is 0 Å². The number of hydrogen-bond donors (Lipinski definition) is 0. The Labute approximate surface area is 218 Å². The second-order valence-electron chi connectivity index (χ2n) is 10.3. The summed E-state index contributed by atoms with van der Waals surface area (Å²) in [5, 5.41) is 0. The number of rotatable bonds is 8. The van der Waals surface area contributed by atoms with Gasteiger partial charge in [0.05, 0.1) is 6.67 Å². The molecule has 2 aliphatic rings. The highest BCUT2D eigenvalue weighted by Crippen LogP contribution is 2.42. The van der Waals surface area contributed by atoms with E-state index in [0.29, 0.717) is 6.42 Å². The smallest absolute Gasteiger partial charge is 0.172 e. The van der Waals surface area contributed by atoms with Crippen LogP contribution in [0.1, 0.15) is 59.1 Å². The van der Waals surface area contributed by atoms with Crippen molar-refractivity contribution < 1.29 is 18.6 Å². The first kappa shape index (κ1) is 25.5. The zero-order chi connectivity index (χ0) is 25.8. The molecule has 5 rings (SSSR count). The Balaban J connectivity index is 1.49. The van der Waals surface area contributed by atoms with Gasteiger partial charge in [0.25, 0.3) is 0 Å². The maximum absolute atomic E-state index is 13.0. The van der Waals surface area contributed by atoms with Crippen molar-refractivity contribution in [3.05, 3.63) is 94.0 Å². The third kappa shape index (κ3) is 5.72. The second kappa shape index (κ2) is 11.5. The fraction of sp³-hybridized carbons (Fsp3) is 0.375. The second-order valence-corrected chi connectivity index (χ2v) is 10.3. The summed E-state index contributed by atoms with van der Waals surface area (Å²) in [5.74, 6) is 1.10. The summed E-state index contributed by atoms with van der Waals surface area (Å²) in [7, 11) is 0. The van der Waals surface area contributed by atoms with Crippen LogP contribution in [0.15, 0.2) is 60.7 Å². The first-order chi connectivity index (χ1) is 18.1. The summed E-state index contributed by atoms with van der Waals surface area (Å²) in [4.78, 5) is 6.33. The van der Waals surface area contributed by atoms with Crippen LogP contribution in [-0.2, 0) is 6.42 Å². The molecule has 3 aromatic rings. The van der Waals surface area contributed by atoms with Crippen LogP contribution in [0.3, 0.4) is 0 Å². The Morgan fingerprint density at radius 3 is 2.46 bits per heavy atom. The topological polar surface area (TPSA) is 21.7 Å². The fourth-order valence-electron chi connectivity index (χ4n) is 5.84. The van der Waals surface area contributed by atoms with Gasteiger partial charge < -0.3 is 4.74 Å². The lowest BCUT2D eigenvalue weighted by molar-refractivity contribution is -0.00629. The van der Waals surface area contributed by atoms with Crippen LogP contribution in [-0.4, -0.2) is 37.3 Å². The van der Waals surface area contributed by atoms with Gasteiger partial charge in [0.15, 0.2) is 5.75 Å². The number of nitrogens with zero attached hydrogens (tertiary/aromatic N) is 1. The molecule has 5 heteroatoms. The molecular formula is C32H35F2NO2. The molecular weight excluding hydrogens is 468 g/mol. The first-order valence-electron chi connectivity index (χ1n) is 13.3. The van der Waals surface area contributed by atoms with Gasteiger partial charge >= 0.3 is 0 Å². The molecule has 3 aromatic carbocycles. The van der Waals surface area contributed by atoms with Crippen LogP contribution in [0.5, 0.6) is 11.5 Å². The zero-order valence-electron chi connectivity index (χ0n) is 21.7. The molecule has 1 heterocycles. The van der Waals surface area contributed by atoms with Crippen molar-refractivity contribution in [3.8, 4) is 11.5 Å². The summed E-state index contributed by atoms with van der Waals surface area (Å²) in [6.45, 7) is 6.62. The standard InChI is InChI=1S/C32H35F2NO2/c1-22-7-13-29(23(2)19-22)31-6-3-5-25-20-27(37-34)12-14-30(25)32(31)24-8-10-26(11-9-24)36-28-15-18-35(21-28)17-4-16-33/h7-14,19-20,28H,3-6,15-18,21H2,1-2H3. The molecule has 194 valence electrons. The molecule has 1 atom stereocenters. The van der Waals surface area contributed by atoms with Crippen LogP contribution in [0.4, 0.5) is 8.92 Å². The van der Waals surface area contributed by atoms with Crippen molar-refractivity contribution in [1.29, 1.82) is 0 Å². The van der Waals surface area contributed by atoms with E-state index in [4.69, 9.17) is 4.74 Å². The average Bonchev–Trinajstić information content (AvgIpc) is 3.26. The highest BCUT2D eigenvalue weighted by Gasteiger charge is 2.24. The van der Waals surface area contributed by atoms with Crippen molar-refractivity contribution >= 4 is 11.1 Å². The molecule has 0 saturated carbocycles.